The van der Waals surface area contributed by atoms with Crippen molar-refractivity contribution < 1.29 is 31.5 Å². The summed E-state index contributed by atoms with van der Waals surface area (Å²) in [6.45, 7) is 3.99. The smallest absolute Gasteiger partial charge is 0.326 e. The van der Waals surface area contributed by atoms with Crippen LogP contribution in [-0.2, 0) is 31.0 Å². The molecule has 1 amide bonds. The largest absolute Gasteiger partial charge is 0.480 e. The molecule has 0 spiro atoms. The molecule has 11 heteroatoms. The topological polar surface area (TPSA) is 147 Å². The van der Waals surface area contributed by atoms with Crippen LogP contribution >= 0.6 is 0 Å². The number of aryl methyl sites for hydroxylation is 1. The molecule has 1 aliphatic rings. The Bertz CT molecular complexity index is 1450. The highest BCUT2D eigenvalue weighted by atomic mass is 32.2. The van der Waals surface area contributed by atoms with E-state index in [0.717, 1.165) is 42.2 Å². The zero-order valence-electron chi connectivity index (χ0n) is 24.8. The van der Waals surface area contributed by atoms with Gasteiger partial charge in [0.1, 0.15) is 15.9 Å². The van der Waals surface area contributed by atoms with Gasteiger partial charge in [0.25, 0.3) is 5.91 Å². The van der Waals surface area contributed by atoms with Crippen LogP contribution in [0.3, 0.4) is 0 Å². The Morgan fingerprint density at radius 3 is 2.31 bits per heavy atom. The third-order valence-electron chi connectivity index (χ3n) is 7.98. The monoisotopic (exact) mass is 620 g/mol. The van der Waals surface area contributed by atoms with Crippen molar-refractivity contribution in [3.8, 4) is 11.1 Å². The van der Waals surface area contributed by atoms with E-state index in [2.05, 4.69) is 10.6 Å². The van der Waals surface area contributed by atoms with Crippen LogP contribution in [0, 0.1) is 12.8 Å². The van der Waals surface area contributed by atoms with Gasteiger partial charge in [0.15, 0.2) is 9.84 Å². The van der Waals surface area contributed by atoms with Crippen LogP contribution < -0.4 is 10.6 Å². The molecule has 0 aromatic heterocycles. The highest BCUT2D eigenvalue weighted by Crippen LogP contribution is 2.30. The number of aliphatic carboxylic acids is 1. The molecule has 0 saturated heterocycles. The molecule has 0 heterocycles. The van der Waals surface area contributed by atoms with E-state index in [1.807, 2.05) is 37.3 Å². The predicted molar refractivity (Wildman–Crippen MR) is 166 cm³/mol. The Hall–Kier alpha value is -2.76. The lowest BCUT2D eigenvalue weighted by Gasteiger charge is -2.27. The van der Waals surface area contributed by atoms with Gasteiger partial charge in [-0.1, -0.05) is 69.4 Å². The number of carbonyl (C=O) groups excluding carboxylic acids is 1. The van der Waals surface area contributed by atoms with Gasteiger partial charge in [-0.3, -0.25) is 4.79 Å². The number of carboxylic acids is 1. The van der Waals surface area contributed by atoms with Gasteiger partial charge in [-0.15, -0.1) is 0 Å². The molecule has 0 unspecified atom stereocenters. The first-order valence-corrected chi connectivity index (χ1v) is 18.5. The number of sulfone groups is 2. The fourth-order valence-corrected chi connectivity index (χ4v) is 7.31. The molecule has 2 aromatic rings. The average Bonchev–Trinajstić information content (AvgIpc) is 2.93. The fourth-order valence-electron chi connectivity index (χ4n) is 5.54. The number of rotatable bonds is 15. The van der Waals surface area contributed by atoms with E-state index in [1.165, 1.54) is 19.3 Å². The van der Waals surface area contributed by atoms with Crippen LogP contribution in [0.5, 0.6) is 0 Å². The van der Waals surface area contributed by atoms with Gasteiger partial charge in [-0.2, -0.15) is 0 Å². The van der Waals surface area contributed by atoms with Crippen LogP contribution in [0.15, 0.2) is 42.5 Å². The molecule has 0 radical (unpaired) electrons. The lowest BCUT2D eigenvalue weighted by Crippen LogP contribution is -2.42. The summed E-state index contributed by atoms with van der Waals surface area (Å²) in [6, 6.07) is 11.3. The Balaban J connectivity index is 1.88. The summed E-state index contributed by atoms with van der Waals surface area (Å²) >= 11 is 0. The van der Waals surface area contributed by atoms with E-state index in [0.29, 0.717) is 18.0 Å². The molecule has 9 nitrogen and oxygen atoms in total. The van der Waals surface area contributed by atoms with Gasteiger partial charge in [-0.25, -0.2) is 21.6 Å². The van der Waals surface area contributed by atoms with E-state index < -0.39 is 37.6 Å². The van der Waals surface area contributed by atoms with Gasteiger partial charge in [-0.05, 0) is 60.1 Å². The Kier molecular flexibility index (Phi) is 12.1. The second-order valence-electron chi connectivity index (χ2n) is 11.5. The fraction of sp³-hybridized carbons (Fsp3) is 0.548. The molecule has 3 rings (SSSR count). The summed E-state index contributed by atoms with van der Waals surface area (Å²) in [5.74, 6) is -1.61. The van der Waals surface area contributed by atoms with Gasteiger partial charge < -0.3 is 15.7 Å². The van der Waals surface area contributed by atoms with Crippen molar-refractivity contribution >= 4 is 31.6 Å². The standard InChI is InChI=1S/C31H44N2O7S2/c1-4-42(39,40)21-25(18-23-11-6-5-7-12-23)32-20-24-14-15-27(28(19-24)26-13-9-8-10-22(26)2)30(34)33-29(31(35)36)16-17-41(3,37)38/h8-10,13-15,19,23,25,29,32H,4-7,11-12,16-18,20-21H2,1-3H3,(H,33,34)(H,35,36)/t25-,29-/m0/s1. The molecule has 232 valence electrons. The van der Waals surface area contributed by atoms with E-state index in [9.17, 15) is 31.5 Å². The summed E-state index contributed by atoms with van der Waals surface area (Å²) in [5, 5.41) is 15.6. The van der Waals surface area contributed by atoms with Crippen molar-refractivity contribution in [3.05, 3.63) is 59.2 Å². The average molecular weight is 621 g/mol. The maximum Gasteiger partial charge on any atom is 0.326 e. The summed E-state index contributed by atoms with van der Waals surface area (Å²) in [5.41, 5.74) is 3.47. The minimum atomic E-state index is -3.41. The number of nitrogens with one attached hydrogen (secondary N) is 2. The first-order chi connectivity index (χ1) is 19.8. The SMILES string of the molecule is CCS(=O)(=O)C[C@H](CC1CCCCC1)NCc1ccc(C(=O)N[C@@H](CCS(C)(=O)=O)C(=O)O)c(-c2ccccc2C)c1. The Morgan fingerprint density at radius 2 is 1.69 bits per heavy atom. The van der Waals surface area contributed by atoms with Gasteiger partial charge in [0, 0.05) is 30.2 Å². The molecular formula is C31H44N2O7S2. The summed E-state index contributed by atoms with van der Waals surface area (Å²) < 4.78 is 48.3. The second-order valence-corrected chi connectivity index (χ2v) is 16.2. The van der Waals surface area contributed by atoms with Crippen LogP contribution in [0.4, 0.5) is 0 Å². The van der Waals surface area contributed by atoms with Crippen molar-refractivity contribution in [1.29, 1.82) is 0 Å². The molecule has 2 atom stereocenters. The van der Waals surface area contributed by atoms with Crippen molar-refractivity contribution in [2.45, 2.75) is 77.4 Å². The molecule has 1 fully saturated rings. The quantitative estimate of drug-likeness (QED) is 0.269. The number of hydrogen-bond acceptors (Lipinski definition) is 7. The normalized spacial score (nSPS) is 16.1. The highest BCUT2D eigenvalue weighted by Gasteiger charge is 2.26. The lowest BCUT2D eigenvalue weighted by atomic mass is 9.85. The summed E-state index contributed by atoms with van der Waals surface area (Å²) in [6.07, 6.45) is 7.40. The number of hydrogen-bond donors (Lipinski definition) is 3. The molecule has 2 aromatic carbocycles. The number of carbonyl (C=O) groups is 2. The minimum Gasteiger partial charge on any atom is -0.480 e. The minimum absolute atomic E-state index is 0.0786. The number of amides is 1. The predicted octanol–water partition coefficient (Wildman–Crippen LogP) is 4.14. The van der Waals surface area contributed by atoms with Crippen molar-refractivity contribution in [3.63, 3.8) is 0 Å². The molecule has 3 N–H and O–H groups in total. The van der Waals surface area contributed by atoms with Crippen molar-refractivity contribution in [1.82, 2.24) is 10.6 Å². The first-order valence-electron chi connectivity index (χ1n) is 14.6. The Morgan fingerprint density at radius 1 is 1.00 bits per heavy atom. The summed E-state index contributed by atoms with van der Waals surface area (Å²) in [7, 11) is -6.59. The van der Waals surface area contributed by atoms with E-state index >= 15 is 0 Å². The maximum atomic E-state index is 13.4. The van der Waals surface area contributed by atoms with E-state index in [1.54, 1.807) is 19.1 Å². The van der Waals surface area contributed by atoms with Crippen LogP contribution in [0.1, 0.15) is 73.4 Å². The van der Waals surface area contributed by atoms with Crippen LogP contribution in [0.25, 0.3) is 11.1 Å². The Labute approximate surface area is 250 Å². The van der Waals surface area contributed by atoms with Gasteiger partial charge >= 0.3 is 5.97 Å². The molecule has 42 heavy (non-hydrogen) atoms. The van der Waals surface area contributed by atoms with Crippen LogP contribution in [-0.4, -0.2) is 69.4 Å². The highest BCUT2D eigenvalue weighted by molar-refractivity contribution is 7.91. The molecule has 0 bridgehead atoms. The third kappa shape index (κ3) is 10.5. The third-order valence-corrected chi connectivity index (χ3v) is 10.7. The van der Waals surface area contributed by atoms with E-state index in [-0.39, 0.29) is 35.3 Å². The second kappa shape index (κ2) is 15.1. The van der Waals surface area contributed by atoms with E-state index in [4.69, 9.17) is 0 Å². The number of benzene rings is 2. The maximum absolute atomic E-state index is 13.4. The lowest BCUT2D eigenvalue weighted by molar-refractivity contribution is -0.139. The van der Waals surface area contributed by atoms with Crippen molar-refractivity contribution in [2.75, 3.05) is 23.5 Å². The first kappa shape index (κ1) is 33.7. The van der Waals surface area contributed by atoms with Crippen LogP contribution in [0.2, 0.25) is 0 Å². The molecule has 0 aliphatic heterocycles. The molecule has 1 aliphatic carbocycles. The molecular weight excluding hydrogens is 576 g/mol. The number of carboxylic acid groups (broad SMARTS) is 1. The molecule has 1 saturated carbocycles. The summed E-state index contributed by atoms with van der Waals surface area (Å²) in [4.78, 5) is 25.2. The zero-order chi connectivity index (χ0) is 30.9. The van der Waals surface area contributed by atoms with Gasteiger partial charge in [0.2, 0.25) is 0 Å². The van der Waals surface area contributed by atoms with Crippen molar-refractivity contribution in [2.24, 2.45) is 5.92 Å². The zero-order valence-corrected chi connectivity index (χ0v) is 26.4. The van der Waals surface area contributed by atoms with Gasteiger partial charge in [0.05, 0.1) is 11.5 Å².